The molecule has 1 aliphatic rings. The maximum absolute atomic E-state index is 11.1. The summed E-state index contributed by atoms with van der Waals surface area (Å²) in [5, 5.41) is 17.0. The van der Waals surface area contributed by atoms with Crippen molar-refractivity contribution in [1.82, 2.24) is 14.8 Å². The number of anilines is 1. The van der Waals surface area contributed by atoms with Crippen LogP contribution in [-0.4, -0.2) is 38.4 Å². The largest absolute Gasteiger partial charge is 0.476 e. The highest BCUT2D eigenvalue weighted by atomic mass is 32.1. The van der Waals surface area contributed by atoms with Crippen LogP contribution < -0.4 is 4.90 Å². The molecule has 1 aromatic carbocycles. The Morgan fingerprint density at radius 1 is 1.39 bits per heavy atom. The Kier molecular flexibility index (Phi) is 3.30. The number of thiazole rings is 1. The summed E-state index contributed by atoms with van der Waals surface area (Å²) < 4.78 is 1.76. The highest BCUT2D eigenvalue weighted by molar-refractivity contribution is 7.12. The second kappa shape index (κ2) is 5.34. The topological polar surface area (TPSA) is 71.2 Å². The zero-order valence-electron chi connectivity index (χ0n) is 12.6. The van der Waals surface area contributed by atoms with Gasteiger partial charge in [0.1, 0.15) is 0 Å². The molecule has 2 aromatic heterocycles. The van der Waals surface area contributed by atoms with E-state index in [0.29, 0.717) is 11.2 Å². The SMILES string of the molecule is CC1CCCN1c1nn(-c2nc(C(=O)O)cs2)c2ccccc12. The van der Waals surface area contributed by atoms with Gasteiger partial charge in [-0.1, -0.05) is 12.1 Å². The van der Waals surface area contributed by atoms with Crippen molar-refractivity contribution in [2.45, 2.75) is 25.8 Å². The summed E-state index contributed by atoms with van der Waals surface area (Å²) in [6.45, 7) is 3.22. The van der Waals surface area contributed by atoms with E-state index in [4.69, 9.17) is 10.2 Å². The van der Waals surface area contributed by atoms with Crippen LogP contribution in [0.3, 0.4) is 0 Å². The molecule has 0 aliphatic carbocycles. The first-order valence-electron chi connectivity index (χ1n) is 7.59. The number of rotatable bonds is 3. The van der Waals surface area contributed by atoms with Gasteiger partial charge >= 0.3 is 5.97 Å². The number of nitrogens with zero attached hydrogens (tertiary/aromatic N) is 4. The number of aromatic carboxylic acids is 1. The van der Waals surface area contributed by atoms with Crippen molar-refractivity contribution in [3.05, 3.63) is 35.3 Å². The van der Waals surface area contributed by atoms with Gasteiger partial charge in [-0.3, -0.25) is 0 Å². The number of aromatic nitrogens is 3. The molecule has 0 radical (unpaired) electrons. The quantitative estimate of drug-likeness (QED) is 0.799. The summed E-state index contributed by atoms with van der Waals surface area (Å²) in [6.07, 6.45) is 2.34. The average molecular weight is 328 g/mol. The molecule has 7 heteroatoms. The number of benzene rings is 1. The van der Waals surface area contributed by atoms with Crippen molar-refractivity contribution in [2.24, 2.45) is 0 Å². The molecule has 0 amide bonds. The summed E-state index contributed by atoms with van der Waals surface area (Å²) in [4.78, 5) is 17.6. The van der Waals surface area contributed by atoms with Gasteiger partial charge in [0.2, 0.25) is 5.13 Å². The molecule has 1 fully saturated rings. The van der Waals surface area contributed by atoms with Gasteiger partial charge in [-0.2, -0.15) is 0 Å². The fourth-order valence-electron chi connectivity index (χ4n) is 3.12. The van der Waals surface area contributed by atoms with Gasteiger partial charge in [0.05, 0.1) is 5.52 Å². The Morgan fingerprint density at radius 3 is 2.91 bits per heavy atom. The minimum atomic E-state index is -1.02. The Morgan fingerprint density at radius 2 is 2.22 bits per heavy atom. The number of fused-ring (bicyclic) bond motifs is 1. The van der Waals surface area contributed by atoms with Crippen LogP contribution >= 0.6 is 11.3 Å². The van der Waals surface area contributed by atoms with Gasteiger partial charge in [0.15, 0.2) is 11.5 Å². The van der Waals surface area contributed by atoms with Crippen molar-refractivity contribution < 1.29 is 9.90 Å². The summed E-state index contributed by atoms with van der Waals surface area (Å²) >= 11 is 1.29. The van der Waals surface area contributed by atoms with Crippen molar-refractivity contribution in [1.29, 1.82) is 0 Å². The van der Waals surface area contributed by atoms with Crippen LogP contribution in [0.1, 0.15) is 30.3 Å². The van der Waals surface area contributed by atoms with Crippen molar-refractivity contribution in [3.8, 4) is 5.13 Å². The Balaban J connectivity index is 1.88. The van der Waals surface area contributed by atoms with E-state index in [1.54, 1.807) is 10.1 Å². The van der Waals surface area contributed by atoms with E-state index in [1.807, 2.05) is 18.2 Å². The monoisotopic (exact) mass is 328 g/mol. The smallest absolute Gasteiger partial charge is 0.355 e. The number of carbonyl (C=O) groups is 1. The first kappa shape index (κ1) is 14.2. The molecule has 6 nitrogen and oxygen atoms in total. The van der Waals surface area contributed by atoms with E-state index in [0.717, 1.165) is 23.3 Å². The minimum Gasteiger partial charge on any atom is -0.476 e. The standard InChI is InChI=1S/C16H16N4O2S/c1-10-5-4-8-19(10)14-11-6-2-3-7-13(11)20(18-14)16-17-12(9-23-16)15(21)22/h2-3,6-7,9-10H,4-5,8H2,1H3,(H,21,22). The fraction of sp³-hybridized carbons (Fsp3) is 0.312. The third-order valence-corrected chi connectivity index (χ3v) is 5.10. The van der Waals surface area contributed by atoms with E-state index in [1.165, 1.54) is 24.2 Å². The molecule has 3 aromatic rings. The summed E-state index contributed by atoms with van der Waals surface area (Å²) in [5.41, 5.74) is 1.01. The molecule has 1 saturated heterocycles. The van der Waals surface area contributed by atoms with Crippen LogP contribution in [0.5, 0.6) is 0 Å². The van der Waals surface area contributed by atoms with E-state index in [9.17, 15) is 4.79 Å². The van der Waals surface area contributed by atoms with Crippen LogP contribution in [0, 0.1) is 0 Å². The zero-order chi connectivity index (χ0) is 16.0. The third kappa shape index (κ3) is 2.28. The van der Waals surface area contributed by atoms with E-state index < -0.39 is 5.97 Å². The molecule has 23 heavy (non-hydrogen) atoms. The normalized spacial score (nSPS) is 18.0. The van der Waals surface area contributed by atoms with E-state index in [2.05, 4.69) is 22.9 Å². The fourth-order valence-corrected chi connectivity index (χ4v) is 3.88. The number of hydrogen-bond donors (Lipinski definition) is 1. The lowest BCUT2D eigenvalue weighted by atomic mass is 10.2. The molecular weight excluding hydrogens is 312 g/mol. The number of para-hydroxylation sites is 1. The van der Waals surface area contributed by atoms with Crippen molar-refractivity contribution in [2.75, 3.05) is 11.4 Å². The van der Waals surface area contributed by atoms with Crippen LogP contribution in [0.4, 0.5) is 5.82 Å². The van der Waals surface area contributed by atoms with Crippen LogP contribution in [-0.2, 0) is 0 Å². The van der Waals surface area contributed by atoms with Crippen molar-refractivity contribution in [3.63, 3.8) is 0 Å². The average Bonchev–Trinajstić information content (AvgIpc) is 3.24. The first-order chi connectivity index (χ1) is 11.1. The Bertz CT molecular complexity index is 885. The Hall–Kier alpha value is -2.41. The molecule has 118 valence electrons. The Labute approximate surface area is 137 Å². The van der Waals surface area contributed by atoms with Gasteiger partial charge in [-0.05, 0) is 31.9 Å². The highest BCUT2D eigenvalue weighted by Crippen LogP contribution is 2.33. The molecule has 0 saturated carbocycles. The maximum atomic E-state index is 11.1. The molecule has 4 rings (SSSR count). The van der Waals surface area contributed by atoms with E-state index >= 15 is 0 Å². The van der Waals surface area contributed by atoms with Gasteiger partial charge in [-0.25, -0.2) is 14.5 Å². The lowest BCUT2D eigenvalue weighted by molar-refractivity contribution is 0.0691. The molecule has 1 unspecified atom stereocenters. The summed E-state index contributed by atoms with van der Waals surface area (Å²) in [5.74, 6) is -0.0602. The second-order valence-electron chi connectivity index (χ2n) is 5.76. The zero-order valence-corrected chi connectivity index (χ0v) is 13.5. The second-order valence-corrected chi connectivity index (χ2v) is 6.59. The molecule has 1 N–H and O–H groups in total. The molecule has 0 bridgehead atoms. The van der Waals surface area contributed by atoms with Crippen LogP contribution in [0.15, 0.2) is 29.6 Å². The van der Waals surface area contributed by atoms with Gasteiger partial charge < -0.3 is 10.0 Å². The maximum Gasteiger partial charge on any atom is 0.355 e. The number of carboxylic acids is 1. The number of hydrogen-bond acceptors (Lipinski definition) is 5. The van der Waals surface area contributed by atoms with Crippen LogP contribution in [0.25, 0.3) is 16.0 Å². The molecule has 3 heterocycles. The molecule has 1 aliphatic heterocycles. The first-order valence-corrected chi connectivity index (χ1v) is 8.46. The molecule has 0 spiro atoms. The van der Waals surface area contributed by atoms with Crippen molar-refractivity contribution >= 4 is 34.0 Å². The predicted octanol–water partition coefficient (Wildman–Crippen LogP) is 3.17. The van der Waals surface area contributed by atoms with Gasteiger partial charge in [-0.15, -0.1) is 16.4 Å². The number of carboxylic acid groups (broad SMARTS) is 1. The lowest BCUT2D eigenvalue weighted by Gasteiger charge is -2.21. The lowest BCUT2D eigenvalue weighted by Crippen LogP contribution is -2.26. The summed E-state index contributed by atoms with van der Waals surface area (Å²) in [7, 11) is 0. The third-order valence-electron chi connectivity index (χ3n) is 4.29. The van der Waals surface area contributed by atoms with E-state index in [-0.39, 0.29) is 5.69 Å². The molecular formula is C16H16N4O2S. The molecule has 1 atom stereocenters. The predicted molar refractivity (Wildman–Crippen MR) is 89.7 cm³/mol. The highest BCUT2D eigenvalue weighted by Gasteiger charge is 2.26. The minimum absolute atomic E-state index is 0.0562. The van der Waals surface area contributed by atoms with Crippen LogP contribution in [0.2, 0.25) is 0 Å². The summed E-state index contributed by atoms with van der Waals surface area (Å²) in [6, 6.07) is 8.49. The van der Waals surface area contributed by atoms with Gasteiger partial charge in [0.25, 0.3) is 0 Å². The van der Waals surface area contributed by atoms with Gasteiger partial charge in [0, 0.05) is 23.4 Å².